The molecule has 0 aromatic heterocycles. The van der Waals surface area contributed by atoms with E-state index in [1.807, 2.05) is 43.3 Å². The summed E-state index contributed by atoms with van der Waals surface area (Å²) in [4.78, 5) is 0. The second-order valence-electron chi connectivity index (χ2n) is 4.27. The highest BCUT2D eigenvalue weighted by atomic mass is 127. The van der Waals surface area contributed by atoms with Crippen LogP contribution in [0.5, 0.6) is 5.75 Å². The van der Waals surface area contributed by atoms with Gasteiger partial charge in [0.25, 0.3) is 0 Å². The highest BCUT2D eigenvalue weighted by Crippen LogP contribution is 2.34. The third-order valence-corrected chi connectivity index (χ3v) is 4.97. The minimum Gasteiger partial charge on any atom is -0.496 e. The number of methoxy groups -OCH3 is 1. The monoisotopic (exact) mass is 432 g/mol. The Morgan fingerprint density at radius 2 is 1.95 bits per heavy atom. The molecule has 19 heavy (non-hydrogen) atoms. The van der Waals surface area contributed by atoms with Crippen molar-refractivity contribution in [1.82, 2.24) is 0 Å². The van der Waals surface area contributed by atoms with E-state index in [9.17, 15) is 5.11 Å². The lowest BCUT2D eigenvalue weighted by molar-refractivity contribution is 0.213. The maximum Gasteiger partial charge on any atom is 0.125 e. The van der Waals surface area contributed by atoms with Gasteiger partial charge in [-0.05, 0) is 58.8 Å². The van der Waals surface area contributed by atoms with Gasteiger partial charge in [-0.15, -0.1) is 0 Å². The number of halogens is 2. The first-order valence-corrected chi connectivity index (χ1v) is 7.68. The smallest absolute Gasteiger partial charge is 0.125 e. The van der Waals surface area contributed by atoms with Gasteiger partial charge in [-0.3, -0.25) is 0 Å². The van der Waals surface area contributed by atoms with Crippen LogP contribution in [0.25, 0.3) is 0 Å². The molecule has 1 unspecified atom stereocenters. The number of aliphatic hydroxyl groups is 1. The molecule has 0 amide bonds. The van der Waals surface area contributed by atoms with Gasteiger partial charge in [0.05, 0.1) is 7.11 Å². The summed E-state index contributed by atoms with van der Waals surface area (Å²) in [6.45, 7) is 2.04. The van der Waals surface area contributed by atoms with Crippen molar-refractivity contribution in [1.29, 1.82) is 0 Å². The van der Waals surface area contributed by atoms with Crippen molar-refractivity contribution >= 4 is 38.5 Å². The van der Waals surface area contributed by atoms with Crippen molar-refractivity contribution in [3.63, 3.8) is 0 Å². The normalized spacial score (nSPS) is 12.3. The van der Waals surface area contributed by atoms with E-state index in [0.717, 1.165) is 24.7 Å². The van der Waals surface area contributed by atoms with E-state index < -0.39 is 6.10 Å². The van der Waals surface area contributed by atoms with Gasteiger partial charge in [0.15, 0.2) is 0 Å². The molecule has 0 saturated heterocycles. The third-order valence-electron chi connectivity index (χ3n) is 3.00. The first-order chi connectivity index (χ1) is 9.04. The van der Waals surface area contributed by atoms with Crippen LogP contribution in [0, 0.1) is 10.5 Å². The van der Waals surface area contributed by atoms with Gasteiger partial charge >= 0.3 is 0 Å². The minimum absolute atomic E-state index is 0.688. The van der Waals surface area contributed by atoms with E-state index in [1.165, 1.54) is 0 Å². The fourth-order valence-electron chi connectivity index (χ4n) is 1.97. The van der Waals surface area contributed by atoms with Gasteiger partial charge in [0.2, 0.25) is 0 Å². The van der Waals surface area contributed by atoms with E-state index in [4.69, 9.17) is 4.74 Å². The second-order valence-corrected chi connectivity index (χ2v) is 6.26. The zero-order valence-corrected chi connectivity index (χ0v) is 14.4. The fourth-order valence-corrected chi connectivity index (χ4v) is 3.00. The summed E-state index contributed by atoms with van der Waals surface area (Å²) < 4.78 is 7.33. The standard InChI is InChI=1S/C15H14BrIO2/c1-9-4-3-5-11(14(9)17)15(18)12-8-10(16)6-7-13(12)19-2/h3-8,15,18H,1-2H3. The molecule has 2 nitrogen and oxygen atoms in total. The van der Waals surface area contributed by atoms with E-state index in [0.29, 0.717) is 5.75 Å². The number of benzene rings is 2. The Hall–Kier alpha value is -0.590. The molecule has 0 aliphatic heterocycles. The first kappa shape index (κ1) is 14.8. The first-order valence-electron chi connectivity index (χ1n) is 5.81. The number of aliphatic hydroxyl groups excluding tert-OH is 1. The molecule has 0 fully saturated rings. The minimum atomic E-state index is -0.695. The van der Waals surface area contributed by atoms with Gasteiger partial charge in [0.1, 0.15) is 11.9 Å². The van der Waals surface area contributed by atoms with Crippen molar-refractivity contribution < 1.29 is 9.84 Å². The molecule has 0 spiro atoms. The number of hydrogen-bond donors (Lipinski definition) is 1. The Balaban J connectivity index is 2.52. The van der Waals surface area contributed by atoms with Crippen molar-refractivity contribution in [3.05, 3.63) is 61.1 Å². The molecule has 0 heterocycles. The van der Waals surface area contributed by atoms with Crippen molar-refractivity contribution in [2.75, 3.05) is 7.11 Å². The largest absolute Gasteiger partial charge is 0.496 e. The molecular formula is C15H14BrIO2. The molecule has 4 heteroatoms. The zero-order chi connectivity index (χ0) is 14.0. The maximum absolute atomic E-state index is 10.6. The fraction of sp³-hybridized carbons (Fsp3) is 0.200. The van der Waals surface area contributed by atoms with Gasteiger partial charge in [-0.25, -0.2) is 0 Å². The average Bonchev–Trinajstić information content (AvgIpc) is 2.41. The van der Waals surface area contributed by atoms with Crippen LogP contribution < -0.4 is 4.74 Å². The summed E-state index contributed by atoms with van der Waals surface area (Å²) in [6.07, 6.45) is -0.695. The predicted octanol–water partition coefficient (Wildman–Crippen LogP) is 4.45. The lowest BCUT2D eigenvalue weighted by Gasteiger charge is -2.17. The van der Waals surface area contributed by atoms with Gasteiger partial charge in [0, 0.05) is 13.6 Å². The quantitative estimate of drug-likeness (QED) is 0.726. The molecule has 0 saturated carbocycles. The zero-order valence-electron chi connectivity index (χ0n) is 10.7. The Kier molecular flexibility index (Phi) is 4.86. The Bertz CT molecular complexity index is 599. The Labute approximate surface area is 135 Å². The van der Waals surface area contributed by atoms with E-state index in [-0.39, 0.29) is 0 Å². The highest BCUT2D eigenvalue weighted by Gasteiger charge is 2.18. The van der Waals surface area contributed by atoms with Gasteiger partial charge in [-0.1, -0.05) is 34.1 Å². The molecule has 2 aromatic carbocycles. The molecule has 0 bridgehead atoms. The predicted molar refractivity (Wildman–Crippen MR) is 88.7 cm³/mol. The topological polar surface area (TPSA) is 29.5 Å². The third kappa shape index (κ3) is 3.12. The molecule has 1 N–H and O–H groups in total. The molecule has 100 valence electrons. The molecule has 0 aliphatic rings. The molecule has 0 radical (unpaired) electrons. The second kappa shape index (κ2) is 6.24. The number of aryl methyl sites for hydroxylation is 1. The summed E-state index contributed by atoms with van der Waals surface area (Å²) in [5, 5.41) is 10.6. The molecular weight excluding hydrogens is 419 g/mol. The average molecular weight is 433 g/mol. The summed E-state index contributed by atoms with van der Waals surface area (Å²) in [6, 6.07) is 11.6. The van der Waals surface area contributed by atoms with Crippen LogP contribution in [0.4, 0.5) is 0 Å². The van der Waals surface area contributed by atoms with E-state index in [1.54, 1.807) is 7.11 Å². The highest BCUT2D eigenvalue weighted by molar-refractivity contribution is 14.1. The Morgan fingerprint density at radius 1 is 1.21 bits per heavy atom. The summed E-state index contributed by atoms with van der Waals surface area (Å²) in [7, 11) is 1.61. The van der Waals surface area contributed by atoms with Crippen LogP contribution in [0.1, 0.15) is 22.8 Å². The van der Waals surface area contributed by atoms with Crippen molar-refractivity contribution in [2.45, 2.75) is 13.0 Å². The maximum atomic E-state index is 10.6. The van der Waals surface area contributed by atoms with Gasteiger partial charge in [-0.2, -0.15) is 0 Å². The molecule has 2 aromatic rings. The number of hydrogen-bond acceptors (Lipinski definition) is 2. The number of rotatable bonds is 3. The van der Waals surface area contributed by atoms with Crippen LogP contribution >= 0.6 is 38.5 Å². The molecule has 2 rings (SSSR count). The number of ether oxygens (including phenoxy) is 1. The summed E-state index contributed by atoms with van der Waals surface area (Å²) in [5.41, 5.74) is 2.82. The van der Waals surface area contributed by atoms with Crippen LogP contribution in [-0.4, -0.2) is 12.2 Å². The summed E-state index contributed by atoms with van der Waals surface area (Å²) in [5.74, 6) is 0.688. The van der Waals surface area contributed by atoms with Gasteiger partial charge < -0.3 is 9.84 Å². The van der Waals surface area contributed by atoms with Crippen LogP contribution in [0.2, 0.25) is 0 Å². The lowest BCUT2D eigenvalue weighted by atomic mass is 9.99. The SMILES string of the molecule is COc1ccc(Br)cc1C(O)c1cccc(C)c1I. The lowest BCUT2D eigenvalue weighted by Crippen LogP contribution is -2.05. The Morgan fingerprint density at radius 3 is 2.63 bits per heavy atom. The van der Waals surface area contributed by atoms with Crippen LogP contribution in [-0.2, 0) is 0 Å². The van der Waals surface area contributed by atoms with Crippen LogP contribution in [0.15, 0.2) is 40.9 Å². The van der Waals surface area contributed by atoms with E-state index in [2.05, 4.69) is 38.5 Å². The van der Waals surface area contributed by atoms with Crippen molar-refractivity contribution in [2.24, 2.45) is 0 Å². The van der Waals surface area contributed by atoms with E-state index >= 15 is 0 Å². The van der Waals surface area contributed by atoms with Crippen molar-refractivity contribution in [3.8, 4) is 5.75 Å². The summed E-state index contributed by atoms with van der Waals surface area (Å²) >= 11 is 5.70. The molecule has 0 aliphatic carbocycles. The molecule has 1 atom stereocenters. The van der Waals surface area contributed by atoms with Crippen LogP contribution in [0.3, 0.4) is 0 Å².